The Morgan fingerprint density at radius 1 is 0.397 bits per heavy atom. The number of carbonyl (C=O) groups excluding carboxylic acids is 1. The normalized spacial score (nSPS) is 13.5. The Labute approximate surface area is 394 Å². The summed E-state index contributed by atoms with van der Waals surface area (Å²) >= 11 is 0. The molecule has 0 aromatic rings. The molecule has 0 radical (unpaired) electrons. The maximum atomic E-state index is 12.5. The minimum Gasteiger partial charge on any atom is -0.394 e. The highest BCUT2D eigenvalue weighted by molar-refractivity contribution is 5.80. The van der Waals surface area contributed by atoms with Crippen molar-refractivity contribution in [2.75, 3.05) is 6.61 Å². The largest absolute Gasteiger partial charge is 0.394 e. The van der Waals surface area contributed by atoms with Crippen LogP contribution in [0.25, 0.3) is 0 Å². The third-order valence-electron chi connectivity index (χ3n) is 13.2. The maximum Gasteiger partial charge on any atom is 0.249 e. The van der Waals surface area contributed by atoms with E-state index in [0.29, 0.717) is 6.42 Å². The second-order valence-electron chi connectivity index (χ2n) is 19.5. The first-order valence-electron chi connectivity index (χ1n) is 28.3. The minimum absolute atomic E-state index is 0.362. The van der Waals surface area contributed by atoms with Gasteiger partial charge in [0.15, 0.2) is 0 Å². The lowest BCUT2D eigenvalue weighted by molar-refractivity contribution is -0.131. The van der Waals surface area contributed by atoms with Crippen molar-refractivity contribution in [2.45, 2.75) is 321 Å². The number of amides is 1. The molecule has 0 saturated carbocycles. The van der Waals surface area contributed by atoms with Gasteiger partial charge in [-0.1, -0.05) is 288 Å². The van der Waals surface area contributed by atoms with Crippen LogP contribution < -0.4 is 5.32 Å². The Hall–Kier alpha value is -1.43. The van der Waals surface area contributed by atoms with E-state index in [2.05, 4.69) is 43.5 Å². The number of hydrogen-bond donors (Lipinski definition) is 4. The van der Waals surface area contributed by atoms with Crippen LogP contribution in [0.15, 0.2) is 36.5 Å². The van der Waals surface area contributed by atoms with Crippen LogP contribution in [0.4, 0.5) is 0 Å². The van der Waals surface area contributed by atoms with Gasteiger partial charge in [0.05, 0.1) is 18.8 Å². The van der Waals surface area contributed by atoms with E-state index in [1.165, 1.54) is 244 Å². The van der Waals surface area contributed by atoms with Crippen LogP contribution in [-0.4, -0.2) is 46.1 Å². The van der Waals surface area contributed by atoms with Crippen molar-refractivity contribution in [2.24, 2.45) is 0 Å². The molecule has 3 unspecified atom stereocenters. The molecular weight excluding hydrogens is 775 g/mol. The molecule has 5 nitrogen and oxygen atoms in total. The third kappa shape index (κ3) is 48.3. The fraction of sp³-hybridized carbons (Fsp3) is 0.879. The molecule has 0 fully saturated rings. The standard InChI is InChI=1S/C58H111NO4/c1-3-5-7-9-11-13-15-17-19-21-22-23-24-25-26-27-28-29-30-31-32-33-34-35-37-39-41-43-45-47-49-51-53-57(62)58(63)59-55(54-60)56(61)52-50-48-46-44-42-40-38-36-20-18-16-14-12-10-8-6-4-2/h22-23,25-26,50,52,55-57,60-62H,3-21,24,27-49,51,53-54H2,1-2H3,(H,59,63)/b23-22-,26-25-,52-50+. The maximum absolute atomic E-state index is 12.5. The van der Waals surface area contributed by atoms with E-state index in [0.717, 1.165) is 38.5 Å². The average molecular weight is 887 g/mol. The highest BCUT2D eigenvalue weighted by Gasteiger charge is 2.22. The molecule has 372 valence electrons. The molecule has 5 heteroatoms. The van der Waals surface area contributed by atoms with Crippen molar-refractivity contribution in [3.05, 3.63) is 36.5 Å². The number of rotatable bonds is 52. The molecule has 4 N–H and O–H groups in total. The summed E-state index contributed by atoms with van der Waals surface area (Å²) < 4.78 is 0. The average Bonchev–Trinajstić information content (AvgIpc) is 3.29. The van der Waals surface area contributed by atoms with Crippen LogP contribution in [0, 0.1) is 0 Å². The first-order valence-corrected chi connectivity index (χ1v) is 28.3. The number of allylic oxidation sites excluding steroid dienone is 5. The van der Waals surface area contributed by atoms with Gasteiger partial charge in [0.1, 0.15) is 6.10 Å². The van der Waals surface area contributed by atoms with E-state index in [1.54, 1.807) is 6.08 Å². The van der Waals surface area contributed by atoms with Gasteiger partial charge in [-0.25, -0.2) is 0 Å². The van der Waals surface area contributed by atoms with Crippen molar-refractivity contribution >= 4 is 5.91 Å². The zero-order valence-corrected chi connectivity index (χ0v) is 42.5. The number of aliphatic hydroxyl groups is 3. The molecular formula is C58H111NO4. The highest BCUT2D eigenvalue weighted by Crippen LogP contribution is 2.17. The molecule has 0 aliphatic heterocycles. The molecule has 0 aliphatic rings. The Morgan fingerprint density at radius 3 is 1.00 bits per heavy atom. The SMILES string of the molecule is CCCCCCCCCCC/C=C\C/C=C\CCCCCCCCCCCCCCCCCCC(O)C(=O)NC(CO)C(O)/C=C/CCCCCCCCCCCCCCCCC. The summed E-state index contributed by atoms with van der Waals surface area (Å²) in [7, 11) is 0. The quantitative estimate of drug-likeness (QED) is 0.0362. The summed E-state index contributed by atoms with van der Waals surface area (Å²) in [6.45, 7) is 4.21. The Kier molecular flexibility index (Phi) is 52.0. The first kappa shape index (κ1) is 61.6. The number of unbranched alkanes of at least 4 members (excludes halogenated alkanes) is 40. The van der Waals surface area contributed by atoms with Crippen molar-refractivity contribution in [1.29, 1.82) is 0 Å². The zero-order chi connectivity index (χ0) is 45.8. The predicted octanol–water partition coefficient (Wildman–Crippen LogP) is 17.4. The molecule has 0 aliphatic carbocycles. The van der Waals surface area contributed by atoms with Gasteiger partial charge in [0, 0.05) is 0 Å². The van der Waals surface area contributed by atoms with E-state index in [9.17, 15) is 20.1 Å². The topological polar surface area (TPSA) is 89.8 Å². The van der Waals surface area contributed by atoms with Gasteiger partial charge < -0.3 is 20.6 Å². The monoisotopic (exact) mass is 886 g/mol. The predicted molar refractivity (Wildman–Crippen MR) is 278 cm³/mol. The number of nitrogens with one attached hydrogen (secondary N) is 1. The fourth-order valence-electron chi connectivity index (χ4n) is 8.81. The summed E-state index contributed by atoms with van der Waals surface area (Å²) in [5.41, 5.74) is 0. The lowest BCUT2D eigenvalue weighted by Gasteiger charge is -2.21. The van der Waals surface area contributed by atoms with Gasteiger partial charge in [-0.3, -0.25) is 4.79 Å². The summed E-state index contributed by atoms with van der Waals surface area (Å²) in [6.07, 6.45) is 69.4. The van der Waals surface area contributed by atoms with E-state index < -0.39 is 24.2 Å². The smallest absolute Gasteiger partial charge is 0.249 e. The number of hydrogen-bond acceptors (Lipinski definition) is 4. The van der Waals surface area contributed by atoms with Crippen LogP contribution in [0.2, 0.25) is 0 Å². The van der Waals surface area contributed by atoms with Gasteiger partial charge in [0.25, 0.3) is 0 Å². The second kappa shape index (κ2) is 53.2. The van der Waals surface area contributed by atoms with Gasteiger partial charge in [-0.05, 0) is 51.4 Å². The summed E-state index contributed by atoms with van der Waals surface area (Å²) in [5.74, 6) is -0.500. The second-order valence-corrected chi connectivity index (χ2v) is 19.5. The zero-order valence-electron chi connectivity index (χ0n) is 42.5. The van der Waals surface area contributed by atoms with Crippen molar-refractivity contribution in [1.82, 2.24) is 5.32 Å². The molecule has 1 amide bonds. The van der Waals surface area contributed by atoms with Gasteiger partial charge in [0.2, 0.25) is 5.91 Å². The molecule has 3 atom stereocenters. The number of carbonyl (C=O) groups is 1. The Bertz CT molecular complexity index is 978. The molecule has 0 heterocycles. The fourth-order valence-corrected chi connectivity index (χ4v) is 8.81. The summed E-state index contributed by atoms with van der Waals surface area (Å²) in [4.78, 5) is 12.5. The van der Waals surface area contributed by atoms with Crippen molar-refractivity contribution in [3.63, 3.8) is 0 Å². The van der Waals surface area contributed by atoms with Crippen LogP contribution in [-0.2, 0) is 4.79 Å². The Morgan fingerprint density at radius 2 is 0.683 bits per heavy atom. The highest BCUT2D eigenvalue weighted by atomic mass is 16.3. The molecule has 63 heavy (non-hydrogen) atoms. The van der Waals surface area contributed by atoms with E-state index in [1.807, 2.05) is 6.08 Å². The number of aliphatic hydroxyl groups excluding tert-OH is 3. The lowest BCUT2D eigenvalue weighted by Crippen LogP contribution is -2.48. The summed E-state index contributed by atoms with van der Waals surface area (Å²) in [6, 6.07) is -0.797. The van der Waals surface area contributed by atoms with Crippen molar-refractivity contribution in [3.8, 4) is 0 Å². The minimum atomic E-state index is -1.10. The van der Waals surface area contributed by atoms with Crippen LogP contribution in [0.5, 0.6) is 0 Å². The molecule has 0 rings (SSSR count). The van der Waals surface area contributed by atoms with Crippen molar-refractivity contribution < 1.29 is 20.1 Å². The van der Waals surface area contributed by atoms with Crippen LogP contribution in [0.3, 0.4) is 0 Å². The first-order chi connectivity index (χ1) is 31.1. The molecule has 0 aromatic heterocycles. The Balaban J connectivity index is 3.54. The van der Waals surface area contributed by atoms with Crippen LogP contribution in [0.1, 0.15) is 303 Å². The summed E-state index contributed by atoms with van der Waals surface area (Å²) in [5, 5.41) is 33.3. The van der Waals surface area contributed by atoms with Gasteiger partial charge in [-0.2, -0.15) is 0 Å². The molecule has 0 saturated heterocycles. The molecule has 0 aromatic carbocycles. The van der Waals surface area contributed by atoms with E-state index in [-0.39, 0.29) is 6.61 Å². The molecule has 0 spiro atoms. The molecule has 0 bridgehead atoms. The van der Waals surface area contributed by atoms with Crippen LogP contribution >= 0.6 is 0 Å². The third-order valence-corrected chi connectivity index (χ3v) is 13.2. The lowest BCUT2D eigenvalue weighted by atomic mass is 10.0. The van der Waals surface area contributed by atoms with E-state index >= 15 is 0 Å². The van der Waals surface area contributed by atoms with Gasteiger partial charge in [-0.15, -0.1) is 0 Å². The van der Waals surface area contributed by atoms with E-state index in [4.69, 9.17) is 0 Å². The van der Waals surface area contributed by atoms with Gasteiger partial charge >= 0.3 is 0 Å².